The predicted molar refractivity (Wildman–Crippen MR) is 88.9 cm³/mol. The number of ether oxygens (including phenoxy) is 1. The molecule has 0 amide bonds. The Morgan fingerprint density at radius 2 is 1.05 bits per heavy atom. The molecule has 1 aliphatic carbocycles. The van der Waals surface area contributed by atoms with Gasteiger partial charge in [-0.05, 0) is 41.9 Å². The monoisotopic (exact) mass is 282 g/mol. The second-order valence-corrected chi connectivity index (χ2v) is 8.26. The molecule has 1 aliphatic heterocycles. The van der Waals surface area contributed by atoms with Crippen molar-refractivity contribution in [2.45, 2.75) is 86.7 Å². The van der Waals surface area contributed by atoms with Gasteiger partial charge in [0, 0.05) is 6.42 Å². The topological polar surface area (TPSA) is 9.23 Å². The summed E-state index contributed by atoms with van der Waals surface area (Å²) in [7, 11) is 0. The van der Waals surface area contributed by atoms with E-state index < -0.39 is 0 Å². The lowest BCUT2D eigenvalue weighted by molar-refractivity contribution is -0.200. The van der Waals surface area contributed by atoms with Crippen LogP contribution in [0.25, 0.3) is 0 Å². The minimum Gasteiger partial charge on any atom is -0.374 e. The van der Waals surface area contributed by atoms with Gasteiger partial charge >= 0.3 is 0 Å². The summed E-state index contributed by atoms with van der Waals surface area (Å²) < 4.78 is 5.64. The second kappa shape index (κ2) is 6.81. The molecule has 2 rings (SSSR count). The van der Waals surface area contributed by atoms with E-state index in [-0.39, 0.29) is 5.60 Å². The van der Waals surface area contributed by atoms with Crippen molar-refractivity contribution in [2.75, 3.05) is 6.61 Å². The van der Waals surface area contributed by atoms with E-state index in [2.05, 4.69) is 55.4 Å². The second-order valence-electron chi connectivity index (χ2n) is 8.26. The summed E-state index contributed by atoms with van der Waals surface area (Å²) in [5.41, 5.74) is 0.944. The fraction of sp³-hybridized carbons (Fsp3) is 1.00. The summed E-state index contributed by atoms with van der Waals surface area (Å²) in [6.45, 7) is 19.5. The van der Waals surface area contributed by atoms with E-state index in [0.717, 1.165) is 23.9 Å². The van der Waals surface area contributed by atoms with E-state index in [1.165, 1.54) is 25.7 Å². The van der Waals surface area contributed by atoms with E-state index in [1.54, 1.807) is 0 Å². The van der Waals surface area contributed by atoms with Crippen LogP contribution < -0.4 is 0 Å². The summed E-state index contributed by atoms with van der Waals surface area (Å²) >= 11 is 0. The maximum Gasteiger partial charge on any atom is 0.0749 e. The first-order valence-electron chi connectivity index (χ1n) is 8.83. The minimum absolute atomic E-state index is 0.222. The zero-order valence-corrected chi connectivity index (χ0v) is 15.3. The van der Waals surface area contributed by atoms with Gasteiger partial charge < -0.3 is 4.74 Å². The molecule has 0 unspecified atom stereocenters. The number of hydrogen-bond donors (Lipinski definition) is 0. The fourth-order valence-electron chi connectivity index (χ4n) is 4.32. The molecule has 1 saturated heterocycles. The lowest BCUT2D eigenvalue weighted by atomic mass is 9.56. The van der Waals surface area contributed by atoms with E-state index in [9.17, 15) is 0 Å². The van der Waals surface area contributed by atoms with Crippen molar-refractivity contribution < 1.29 is 4.74 Å². The molecule has 0 radical (unpaired) electrons. The van der Waals surface area contributed by atoms with E-state index in [4.69, 9.17) is 4.74 Å². The van der Waals surface area contributed by atoms with E-state index in [1.807, 2.05) is 0 Å². The van der Waals surface area contributed by atoms with Crippen LogP contribution in [0.15, 0.2) is 0 Å². The highest BCUT2D eigenvalue weighted by Crippen LogP contribution is 2.52. The third kappa shape index (κ3) is 3.24. The Morgan fingerprint density at radius 3 is 1.05 bits per heavy atom. The SMILES string of the molecule is CC(C)C1(C(C)C)CCC1.CC(C)C1(C(C)C)CCO1. The van der Waals surface area contributed by atoms with Gasteiger partial charge in [0.2, 0.25) is 0 Å². The van der Waals surface area contributed by atoms with Crippen LogP contribution >= 0.6 is 0 Å². The Balaban J connectivity index is 0.000000200. The van der Waals surface area contributed by atoms with Crippen LogP contribution in [0.1, 0.15) is 81.1 Å². The van der Waals surface area contributed by atoms with Gasteiger partial charge in [0.1, 0.15) is 0 Å². The van der Waals surface area contributed by atoms with Crippen molar-refractivity contribution in [2.24, 2.45) is 29.1 Å². The van der Waals surface area contributed by atoms with Crippen LogP contribution in [-0.4, -0.2) is 12.2 Å². The number of rotatable bonds is 4. The molecule has 2 aliphatic rings. The molecule has 0 bridgehead atoms. The smallest absolute Gasteiger partial charge is 0.0749 e. The minimum atomic E-state index is 0.222. The summed E-state index contributed by atoms with van der Waals surface area (Å²) in [6, 6.07) is 0. The molecule has 0 atom stereocenters. The highest BCUT2D eigenvalue weighted by Gasteiger charge is 2.44. The third-order valence-corrected chi connectivity index (χ3v) is 6.40. The Morgan fingerprint density at radius 1 is 0.650 bits per heavy atom. The molecule has 20 heavy (non-hydrogen) atoms. The van der Waals surface area contributed by atoms with Gasteiger partial charge in [-0.1, -0.05) is 61.8 Å². The van der Waals surface area contributed by atoms with Crippen LogP contribution in [0, 0.1) is 29.1 Å². The van der Waals surface area contributed by atoms with Crippen molar-refractivity contribution in [3.05, 3.63) is 0 Å². The normalized spacial score (nSPS) is 23.4. The quantitative estimate of drug-likeness (QED) is 0.621. The summed E-state index contributed by atoms with van der Waals surface area (Å²) in [4.78, 5) is 0. The zero-order chi connectivity index (χ0) is 15.6. The third-order valence-electron chi connectivity index (χ3n) is 6.40. The summed E-state index contributed by atoms with van der Waals surface area (Å²) in [5.74, 6) is 3.12. The van der Waals surface area contributed by atoms with E-state index >= 15 is 0 Å². The highest BCUT2D eigenvalue weighted by atomic mass is 16.5. The molecule has 1 saturated carbocycles. The standard InChI is InChI=1S/C10H20.C9H18O/c1-8(2)10(9(3)4)6-5-7-10;1-7(2)9(8(3)4)5-6-10-9/h8-9H,5-7H2,1-4H3;7-8H,5-6H2,1-4H3. The first kappa shape index (κ1) is 18.0. The maximum absolute atomic E-state index is 5.64. The Hall–Kier alpha value is -0.0400. The van der Waals surface area contributed by atoms with Crippen molar-refractivity contribution in [1.29, 1.82) is 0 Å². The molecule has 1 heteroatoms. The fourth-order valence-corrected chi connectivity index (χ4v) is 4.32. The van der Waals surface area contributed by atoms with Crippen LogP contribution in [0.3, 0.4) is 0 Å². The van der Waals surface area contributed by atoms with Crippen LogP contribution in [0.5, 0.6) is 0 Å². The molecule has 0 spiro atoms. The summed E-state index contributed by atoms with van der Waals surface area (Å²) in [6.07, 6.45) is 5.67. The lowest BCUT2D eigenvalue weighted by Crippen LogP contribution is -2.52. The first-order chi connectivity index (χ1) is 9.19. The van der Waals surface area contributed by atoms with Gasteiger partial charge in [-0.3, -0.25) is 0 Å². The molecular formula is C19H38O. The first-order valence-corrected chi connectivity index (χ1v) is 8.83. The summed E-state index contributed by atoms with van der Waals surface area (Å²) in [5, 5.41) is 0. The molecular weight excluding hydrogens is 244 g/mol. The van der Waals surface area contributed by atoms with Crippen molar-refractivity contribution in [3.63, 3.8) is 0 Å². The molecule has 0 aromatic carbocycles. The van der Waals surface area contributed by atoms with Gasteiger partial charge in [-0.2, -0.15) is 0 Å². The Kier molecular flexibility index (Phi) is 6.14. The van der Waals surface area contributed by atoms with Gasteiger partial charge in [-0.25, -0.2) is 0 Å². The van der Waals surface area contributed by atoms with Crippen LogP contribution in [0.4, 0.5) is 0 Å². The molecule has 1 heterocycles. The number of hydrogen-bond acceptors (Lipinski definition) is 1. The zero-order valence-electron chi connectivity index (χ0n) is 15.3. The Bertz CT molecular complexity index is 230. The molecule has 0 N–H and O–H groups in total. The largest absolute Gasteiger partial charge is 0.374 e. The molecule has 120 valence electrons. The Labute approximate surface area is 127 Å². The van der Waals surface area contributed by atoms with Gasteiger partial charge in [0.25, 0.3) is 0 Å². The molecule has 2 fully saturated rings. The van der Waals surface area contributed by atoms with Crippen molar-refractivity contribution >= 4 is 0 Å². The average molecular weight is 283 g/mol. The lowest BCUT2D eigenvalue weighted by Gasteiger charge is -2.49. The van der Waals surface area contributed by atoms with Gasteiger partial charge in [-0.15, -0.1) is 0 Å². The van der Waals surface area contributed by atoms with Crippen LogP contribution in [-0.2, 0) is 4.74 Å². The average Bonchev–Trinajstić information content (AvgIpc) is 2.10. The maximum atomic E-state index is 5.64. The highest BCUT2D eigenvalue weighted by molar-refractivity contribution is 4.93. The van der Waals surface area contributed by atoms with E-state index in [0.29, 0.717) is 11.8 Å². The van der Waals surface area contributed by atoms with Gasteiger partial charge in [0.15, 0.2) is 0 Å². The van der Waals surface area contributed by atoms with Gasteiger partial charge in [0.05, 0.1) is 12.2 Å². The van der Waals surface area contributed by atoms with Crippen LogP contribution in [0.2, 0.25) is 0 Å². The molecule has 0 aromatic rings. The van der Waals surface area contributed by atoms with Crippen molar-refractivity contribution in [1.82, 2.24) is 0 Å². The molecule has 0 aromatic heterocycles. The molecule has 1 nitrogen and oxygen atoms in total. The van der Waals surface area contributed by atoms with Crippen molar-refractivity contribution in [3.8, 4) is 0 Å². The predicted octanol–water partition coefficient (Wildman–Crippen LogP) is 5.93.